The molecular formula is C41H35NO6S. The Morgan fingerprint density at radius 2 is 1.18 bits per heavy atom. The molecular weight excluding hydrogens is 635 g/mol. The van der Waals surface area contributed by atoms with Crippen molar-refractivity contribution in [3.63, 3.8) is 0 Å². The zero-order valence-electron chi connectivity index (χ0n) is 26.9. The fourth-order valence-electron chi connectivity index (χ4n) is 5.76. The maximum Gasteiger partial charge on any atom is 0.343 e. The molecule has 5 aromatic carbocycles. The fourth-order valence-corrected chi connectivity index (χ4v) is 6.92. The number of rotatable bonds is 11. The number of nitrogens with zero attached hydrogens (tertiary/aromatic N) is 1. The molecule has 1 fully saturated rings. The SMILES string of the molecule is O=C(Oc1ccc(-c2sc3cc(OC(=O)c4ccccc4)ccc3c2Oc2ccc(OCCN3CCCCC3)cc2)cc1)c1ccccc1. The van der Waals surface area contributed by atoms with Gasteiger partial charge in [0.1, 0.15) is 29.6 Å². The van der Waals surface area contributed by atoms with Crippen molar-refractivity contribution in [2.45, 2.75) is 19.3 Å². The van der Waals surface area contributed by atoms with Crippen LogP contribution < -0.4 is 18.9 Å². The third-order valence-electron chi connectivity index (χ3n) is 8.34. The van der Waals surface area contributed by atoms with Crippen LogP contribution in [-0.4, -0.2) is 43.1 Å². The number of thiophene rings is 1. The van der Waals surface area contributed by atoms with Crippen molar-refractivity contribution in [1.29, 1.82) is 0 Å². The molecule has 0 bridgehead atoms. The van der Waals surface area contributed by atoms with Gasteiger partial charge < -0.3 is 18.9 Å². The highest BCUT2D eigenvalue weighted by Crippen LogP contribution is 2.47. The van der Waals surface area contributed by atoms with Crippen LogP contribution in [0.1, 0.15) is 40.0 Å². The molecule has 0 atom stereocenters. The molecule has 7 rings (SSSR count). The van der Waals surface area contributed by atoms with E-state index < -0.39 is 11.9 Å². The van der Waals surface area contributed by atoms with Gasteiger partial charge in [0.15, 0.2) is 5.75 Å². The van der Waals surface area contributed by atoms with Gasteiger partial charge >= 0.3 is 11.9 Å². The first-order valence-electron chi connectivity index (χ1n) is 16.4. The Bertz CT molecular complexity index is 2020. The molecule has 49 heavy (non-hydrogen) atoms. The van der Waals surface area contributed by atoms with Crippen molar-refractivity contribution in [3.8, 4) is 39.2 Å². The molecule has 8 heteroatoms. The second-order valence-electron chi connectivity index (χ2n) is 11.8. The Morgan fingerprint density at radius 3 is 1.84 bits per heavy atom. The maximum absolute atomic E-state index is 12.8. The highest BCUT2D eigenvalue weighted by molar-refractivity contribution is 7.22. The van der Waals surface area contributed by atoms with E-state index in [1.54, 1.807) is 66.7 Å². The Kier molecular flexibility index (Phi) is 9.96. The Balaban J connectivity index is 1.13. The van der Waals surface area contributed by atoms with Crippen LogP contribution in [0, 0.1) is 0 Å². The standard InChI is InChI=1S/C41H35NO6S/c43-40(30-10-4-1-5-11-30)47-34-16-14-29(15-17-34)39-38(46-33-20-18-32(19-21-33)45-27-26-42-24-8-3-9-25-42)36-23-22-35(28-37(36)49-39)48-41(44)31-12-6-2-7-13-31/h1-2,4-7,10-23,28H,3,8-9,24-27H2. The molecule has 1 saturated heterocycles. The summed E-state index contributed by atoms with van der Waals surface area (Å²) in [7, 11) is 0. The van der Waals surface area contributed by atoms with E-state index in [0.717, 1.165) is 45.9 Å². The van der Waals surface area contributed by atoms with E-state index in [0.29, 0.717) is 40.7 Å². The number of fused-ring (bicyclic) bond motifs is 1. The van der Waals surface area contributed by atoms with Crippen LogP contribution in [0.4, 0.5) is 0 Å². The number of hydrogen-bond donors (Lipinski definition) is 0. The van der Waals surface area contributed by atoms with E-state index in [9.17, 15) is 9.59 Å². The summed E-state index contributed by atoms with van der Waals surface area (Å²) < 4.78 is 24.8. The third-order valence-corrected chi connectivity index (χ3v) is 9.52. The van der Waals surface area contributed by atoms with Gasteiger partial charge in [-0.15, -0.1) is 11.3 Å². The summed E-state index contributed by atoms with van der Waals surface area (Å²) >= 11 is 1.52. The van der Waals surface area contributed by atoms with Crippen molar-refractivity contribution >= 4 is 33.4 Å². The molecule has 1 aliphatic heterocycles. The second kappa shape index (κ2) is 15.2. The van der Waals surface area contributed by atoms with Crippen molar-refractivity contribution < 1.29 is 28.5 Å². The van der Waals surface area contributed by atoms with Gasteiger partial charge in [0, 0.05) is 16.6 Å². The van der Waals surface area contributed by atoms with Crippen LogP contribution in [0.15, 0.2) is 127 Å². The number of benzene rings is 5. The van der Waals surface area contributed by atoms with Crippen LogP contribution in [0.2, 0.25) is 0 Å². The van der Waals surface area contributed by atoms with Crippen molar-refractivity contribution in [2.75, 3.05) is 26.2 Å². The highest BCUT2D eigenvalue weighted by Gasteiger charge is 2.19. The molecule has 0 N–H and O–H groups in total. The van der Waals surface area contributed by atoms with Crippen LogP contribution in [0.25, 0.3) is 20.5 Å². The molecule has 246 valence electrons. The predicted octanol–water partition coefficient (Wildman–Crippen LogP) is 9.66. The average Bonchev–Trinajstić information content (AvgIpc) is 3.51. The smallest absolute Gasteiger partial charge is 0.343 e. The lowest BCUT2D eigenvalue weighted by Gasteiger charge is -2.26. The van der Waals surface area contributed by atoms with Gasteiger partial charge in [-0.3, -0.25) is 4.90 Å². The van der Waals surface area contributed by atoms with Gasteiger partial charge in [0.05, 0.1) is 16.0 Å². The molecule has 0 amide bonds. The quantitative estimate of drug-likeness (QED) is 0.100. The molecule has 1 aromatic heterocycles. The second-order valence-corrected chi connectivity index (χ2v) is 12.8. The molecule has 7 nitrogen and oxygen atoms in total. The molecule has 0 aliphatic carbocycles. The first kappa shape index (κ1) is 32.1. The number of esters is 2. The monoisotopic (exact) mass is 669 g/mol. The van der Waals surface area contributed by atoms with E-state index >= 15 is 0 Å². The minimum atomic E-state index is -0.424. The topological polar surface area (TPSA) is 74.3 Å². The summed E-state index contributed by atoms with van der Waals surface area (Å²) in [6.45, 7) is 3.86. The number of carbonyl (C=O) groups is 2. The first-order chi connectivity index (χ1) is 24.1. The van der Waals surface area contributed by atoms with Gasteiger partial charge in [-0.05, 0) is 122 Å². The van der Waals surface area contributed by atoms with Gasteiger partial charge in [-0.2, -0.15) is 0 Å². The largest absolute Gasteiger partial charge is 0.492 e. The van der Waals surface area contributed by atoms with E-state index in [-0.39, 0.29) is 0 Å². The Labute approximate surface area is 289 Å². The fraction of sp³-hybridized carbons (Fsp3) is 0.171. The number of likely N-dealkylation sites (tertiary alicyclic amines) is 1. The Hall–Kier alpha value is -5.44. The number of ether oxygens (including phenoxy) is 4. The van der Waals surface area contributed by atoms with E-state index in [2.05, 4.69) is 4.90 Å². The molecule has 2 heterocycles. The number of carbonyl (C=O) groups excluding carboxylic acids is 2. The predicted molar refractivity (Wildman–Crippen MR) is 192 cm³/mol. The van der Waals surface area contributed by atoms with Gasteiger partial charge in [0.25, 0.3) is 0 Å². The maximum atomic E-state index is 12.8. The summed E-state index contributed by atoms with van der Waals surface area (Å²) in [6, 6.07) is 38.4. The molecule has 1 aliphatic rings. The van der Waals surface area contributed by atoms with Crippen molar-refractivity contribution in [3.05, 3.63) is 139 Å². The zero-order chi connectivity index (χ0) is 33.4. The zero-order valence-corrected chi connectivity index (χ0v) is 27.7. The van der Waals surface area contributed by atoms with Crippen LogP contribution in [-0.2, 0) is 0 Å². The van der Waals surface area contributed by atoms with E-state index in [1.807, 2.05) is 60.7 Å². The van der Waals surface area contributed by atoms with E-state index in [4.69, 9.17) is 18.9 Å². The van der Waals surface area contributed by atoms with Crippen LogP contribution in [0.5, 0.6) is 28.7 Å². The summed E-state index contributed by atoms with van der Waals surface area (Å²) in [5, 5.41) is 0.876. The average molecular weight is 670 g/mol. The first-order valence-corrected chi connectivity index (χ1v) is 17.3. The molecule has 0 unspecified atom stereocenters. The summed E-state index contributed by atoms with van der Waals surface area (Å²) in [5.74, 6) is 2.17. The van der Waals surface area contributed by atoms with Crippen molar-refractivity contribution in [1.82, 2.24) is 4.90 Å². The highest BCUT2D eigenvalue weighted by atomic mass is 32.1. The summed E-state index contributed by atoms with van der Waals surface area (Å²) in [6.07, 6.45) is 3.84. The number of hydrogen-bond acceptors (Lipinski definition) is 8. The molecule has 0 spiro atoms. The molecule has 6 aromatic rings. The Morgan fingerprint density at radius 1 is 0.612 bits per heavy atom. The number of piperidine rings is 1. The minimum absolute atomic E-state index is 0.421. The van der Waals surface area contributed by atoms with E-state index in [1.165, 1.54) is 30.6 Å². The van der Waals surface area contributed by atoms with Gasteiger partial charge in [-0.25, -0.2) is 9.59 Å². The molecule has 0 radical (unpaired) electrons. The van der Waals surface area contributed by atoms with Gasteiger partial charge in [-0.1, -0.05) is 42.8 Å². The van der Waals surface area contributed by atoms with Gasteiger partial charge in [0.2, 0.25) is 0 Å². The summed E-state index contributed by atoms with van der Waals surface area (Å²) in [5.41, 5.74) is 1.84. The molecule has 0 saturated carbocycles. The minimum Gasteiger partial charge on any atom is -0.492 e. The summed E-state index contributed by atoms with van der Waals surface area (Å²) in [4.78, 5) is 28.7. The lowest BCUT2D eigenvalue weighted by Crippen LogP contribution is -2.33. The van der Waals surface area contributed by atoms with Crippen LogP contribution >= 0.6 is 11.3 Å². The lowest BCUT2D eigenvalue weighted by atomic mass is 10.1. The lowest BCUT2D eigenvalue weighted by molar-refractivity contribution is 0.0725. The third kappa shape index (κ3) is 8.00. The normalized spacial score (nSPS) is 13.1. The van der Waals surface area contributed by atoms with Crippen molar-refractivity contribution in [2.24, 2.45) is 0 Å². The van der Waals surface area contributed by atoms with Crippen LogP contribution in [0.3, 0.4) is 0 Å².